The van der Waals surface area contributed by atoms with Crippen LogP contribution in [0.3, 0.4) is 0 Å². The van der Waals surface area contributed by atoms with Gasteiger partial charge >= 0.3 is 12.1 Å². The highest BCUT2D eigenvalue weighted by Crippen LogP contribution is 2.47. The number of fused-ring (bicyclic) bond motifs is 4. The van der Waals surface area contributed by atoms with Crippen LogP contribution in [-0.4, -0.2) is 76.5 Å². The van der Waals surface area contributed by atoms with Crippen molar-refractivity contribution >= 4 is 35.3 Å². The molecule has 0 bridgehead atoms. The molecule has 1 aromatic rings. The van der Waals surface area contributed by atoms with E-state index in [2.05, 4.69) is 5.32 Å². The predicted molar refractivity (Wildman–Crippen MR) is 119 cm³/mol. The fourth-order valence-electron chi connectivity index (χ4n) is 5.11. The number of amides is 5. The van der Waals surface area contributed by atoms with E-state index in [1.807, 2.05) is 4.90 Å². The average Bonchev–Trinajstić information content (AvgIpc) is 2.75. The van der Waals surface area contributed by atoms with Crippen LogP contribution in [-0.2, 0) is 20.7 Å². The minimum Gasteiger partial charge on any atom is -0.450 e. The van der Waals surface area contributed by atoms with Gasteiger partial charge in [0.25, 0.3) is 5.69 Å². The Morgan fingerprint density at radius 2 is 1.97 bits per heavy atom. The number of hydrogen-bond acceptors (Lipinski definition) is 8. The molecule has 0 radical (unpaired) electrons. The number of nitrogens with one attached hydrogen (secondary N) is 1. The molecule has 0 aromatic heterocycles. The third kappa shape index (κ3) is 3.44. The summed E-state index contributed by atoms with van der Waals surface area (Å²) in [6.45, 7) is 7.47. The number of barbiturate groups is 1. The van der Waals surface area contributed by atoms with Crippen molar-refractivity contribution in [3.8, 4) is 0 Å². The Morgan fingerprint density at radius 1 is 1.26 bits per heavy atom. The molecule has 1 aromatic carbocycles. The Hall–Kier alpha value is -3.70. The summed E-state index contributed by atoms with van der Waals surface area (Å²) in [5.41, 5.74) is -1.75. The number of nitro benzene ring substituents is 1. The Balaban J connectivity index is 1.88. The lowest BCUT2D eigenvalue weighted by Gasteiger charge is -2.56. The van der Waals surface area contributed by atoms with Gasteiger partial charge in [0.05, 0.1) is 17.6 Å². The standard InChI is InChI=1S/C22H27N5O7/c1-5-34-20(31)24-8-9-25-15-7-6-14(27(32)33)10-13(15)11-22(16(25)12-24)17(28)23-19(30)26(18(22)29)21(2,3)4/h6-7,10,16H,5,8-9,11-12H2,1-4H3,(H,23,28,30)/t16-,22+/m0/s1. The van der Waals surface area contributed by atoms with Crippen LogP contribution in [0, 0.1) is 15.5 Å². The number of carbonyl (C=O) groups is 4. The zero-order valence-corrected chi connectivity index (χ0v) is 19.5. The van der Waals surface area contributed by atoms with Crippen LogP contribution >= 0.6 is 0 Å². The van der Waals surface area contributed by atoms with Crippen molar-refractivity contribution in [1.82, 2.24) is 15.1 Å². The van der Waals surface area contributed by atoms with Crippen molar-refractivity contribution in [3.05, 3.63) is 33.9 Å². The second-order valence-electron chi connectivity index (χ2n) is 9.64. The molecule has 3 aliphatic rings. The number of carbonyl (C=O) groups excluding carboxylic acids is 4. The molecule has 1 N–H and O–H groups in total. The lowest BCUT2D eigenvalue weighted by Crippen LogP contribution is -2.77. The van der Waals surface area contributed by atoms with Gasteiger partial charge in [-0.3, -0.25) is 29.9 Å². The molecule has 3 aliphatic heterocycles. The van der Waals surface area contributed by atoms with Crippen LogP contribution in [0.15, 0.2) is 18.2 Å². The topological polar surface area (TPSA) is 142 Å². The summed E-state index contributed by atoms with van der Waals surface area (Å²) in [5.74, 6) is -1.47. The normalized spacial score (nSPS) is 24.5. The van der Waals surface area contributed by atoms with Crippen LogP contribution in [0.25, 0.3) is 0 Å². The second-order valence-corrected chi connectivity index (χ2v) is 9.64. The van der Waals surface area contributed by atoms with Gasteiger partial charge < -0.3 is 14.5 Å². The first-order valence-corrected chi connectivity index (χ1v) is 11.1. The summed E-state index contributed by atoms with van der Waals surface area (Å²) in [4.78, 5) is 67.9. The van der Waals surface area contributed by atoms with E-state index in [0.29, 0.717) is 11.3 Å². The van der Waals surface area contributed by atoms with Crippen LogP contribution in [0.1, 0.15) is 33.3 Å². The van der Waals surface area contributed by atoms with Gasteiger partial charge in [-0.1, -0.05) is 0 Å². The molecular weight excluding hydrogens is 446 g/mol. The van der Waals surface area contributed by atoms with Crippen LogP contribution < -0.4 is 10.2 Å². The fraction of sp³-hybridized carbons (Fsp3) is 0.545. The van der Waals surface area contributed by atoms with Gasteiger partial charge in [-0.2, -0.15) is 0 Å². The quantitative estimate of drug-likeness (QED) is 0.388. The van der Waals surface area contributed by atoms with E-state index in [-0.39, 0.29) is 38.3 Å². The van der Waals surface area contributed by atoms with E-state index in [1.165, 1.54) is 17.0 Å². The number of imide groups is 2. The molecule has 5 amide bonds. The van der Waals surface area contributed by atoms with E-state index < -0.39 is 45.9 Å². The molecular formula is C22H27N5O7. The van der Waals surface area contributed by atoms with Crippen LogP contribution in [0.5, 0.6) is 0 Å². The molecule has 34 heavy (non-hydrogen) atoms. The number of non-ortho nitro benzene ring substituents is 1. The third-order valence-electron chi connectivity index (χ3n) is 6.61. The van der Waals surface area contributed by atoms with E-state index >= 15 is 0 Å². The van der Waals surface area contributed by atoms with E-state index in [4.69, 9.17) is 4.74 Å². The van der Waals surface area contributed by atoms with Gasteiger partial charge in [-0.25, -0.2) is 9.59 Å². The van der Waals surface area contributed by atoms with Gasteiger partial charge in [-0.05, 0) is 39.3 Å². The number of rotatable bonds is 2. The molecule has 0 unspecified atom stereocenters. The largest absolute Gasteiger partial charge is 0.450 e. The summed E-state index contributed by atoms with van der Waals surface area (Å²) >= 11 is 0. The number of ether oxygens (including phenoxy) is 1. The van der Waals surface area contributed by atoms with Crippen LogP contribution in [0.4, 0.5) is 21.0 Å². The second kappa shape index (κ2) is 7.96. The molecule has 2 fully saturated rings. The maximum absolute atomic E-state index is 14.0. The molecule has 3 heterocycles. The first-order valence-electron chi connectivity index (χ1n) is 11.1. The lowest BCUT2D eigenvalue weighted by atomic mass is 9.67. The number of piperazine rings is 1. The zero-order valence-electron chi connectivity index (χ0n) is 19.5. The summed E-state index contributed by atoms with van der Waals surface area (Å²) in [6.07, 6.45) is -0.703. The molecule has 2 saturated heterocycles. The Morgan fingerprint density at radius 3 is 2.59 bits per heavy atom. The highest BCUT2D eigenvalue weighted by Gasteiger charge is 2.64. The maximum atomic E-state index is 14.0. The SMILES string of the molecule is CCOC(=O)N1CCN2c3ccc([N+](=O)[O-])cc3C[C@]3(C(=O)NC(=O)N(C(C)(C)C)C3=O)[C@@H]2C1. The molecule has 2 atom stereocenters. The van der Waals surface area contributed by atoms with Crippen molar-refractivity contribution in [2.45, 2.75) is 45.7 Å². The Bertz CT molecular complexity index is 1100. The average molecular weight is 473 g/mol. The molecule has 1 spiro atoms. The van der Waals surface area contributed by atoms with Gasteiger partial charge in [0.1, 0.15) is 0 Å². The van der Waals surface area contributed by atoms with Gasteiger partial charge in [-0.15, -0.1) is 0 Å². The Kier molecular flexibility index (Phi) is 5.49. The number of nitrogens with zero attached hydrogens (tertiary/aromatic N) is 4. The lowest BCUT2D eigenvalue weighted by molar-refractivity contribution is -0.384. The van der Waals surface area contributed by atoms with E-state index in [0.717, 1.165) is 4.90 Å². The highest BCUT2D eigenvalue weighted by atomic mass is 16.6. The number of nitro groups is 1. The van der Waals surface area contributed by atoms with Crippen molar-refractivity contribution in [2.75, 3.05) is 31.1 Å². The smallest absolute Gasteiger partial charge is 0.409 e. The number of benzene rings is 1. The molecule has 0 aliphatic carbocycles. The number of anilines is 1. The van der Waals surface area contributed by atoms with Gasteiger partial charge in [0.15, 0.2) is 5.41 Å². The zero-order chi connectivity index (χ0) is 25.0. The summed E-state index contributed by atoms with van der Waals surface area (Å²) in [6, 6.07) is 2.72. The molecule has 4 rings (SSSR count). The van der Waals surface area contributed by atoms with Crippen LogP contribution in [0.2, 0.25) is 0 Å². The monoisotopic (exact) mass is 473 g/mol. The highest BCUT2D eigenvalue weighted by molar-refractivity contribution is 6.20. The van der Waals surface area contributed by atoms with E-state index in [9.17, 15) is 29.3 Å². The summed E-state index contributed by atoms with van der Waals surface area (Å²) < 4.78 is 5.14. The number of urea groups is 1. The van der Waals surface area contributed by atoms with Crippen molar-refractivity contribution < 1.29 is 28.8 Å². The van der Waals surface area contributed by atoms with Gasteiger partial charge in [0, 0.05) is 49.4 Å². The first kappa shape index (κ1) is 23.5. The fourth-order valence-corrected chi connectivity index (χ4v) is 5.11. The molecule has 12 heteroatoms. The molecule has 0 saturated carbocycles. The Labute approximate surface area is 195 Å². The molecule has 182 valence electrons. The first-order chi connectivity index (χ1) is 15.9. The van der Waals surface area contributed by atoms with E-state index in [1.54, 1.807) is 33.8 Å². The summed E-state index contributed by atoms with van der Waals surface area (Å²) in [5, 5.41) is 13.7. The van der Waals surface area contributed by atoms with Crippen molar-refractivity contribution in [2.24, 2.45) is 5.41 Å². The predicted octanol–water partition coefficient (Wildman–Crippen LogP) is 1.66. The van der Waals surface area contributed by atoms with Crippen molar-refractivity contribution in [1.29, 1.82) is 0 Å². The third-order valence-corrected chi connectivity index (χ3v) is 6.61. The number of hydrogen-bond donors (Lipinski definition) is 1. The maximum Gasteiger partial charge on any atom is 0.409 e. The minimum atomic E-state index is -1.77. The molecule has 12 nitrogen and oxygen atoms in total. The minimum absolute atomic E-state index is 0.0145. The van der Waals surface area contributed by atoms with Crippen molar-refractivity contribution in [3.63, 3.8) is 0 Å². The van der Waals surface area contributed by atoms with Gasteiger partial charge in [0.2, 0.25) is 11.8 Å². The summed E-state index contributed by atoms with van der Waals surface area (Å²) in [7, 11) is 0.